The van der Waals surface area contributed by atoms with Crippen molar-refractivity contribution in [1.82, 2.24) is 19.9 Å². The first-order valence-electron chi connectivity index (χ1n) is 13.6. The maximum Gasteiger partial charge on any atom is 0.145 e. The van der Waals surface area contributed by atoms with Gasteiger partial charge in [-0.15, -0.1) is 0 Å². The normalized spacial score (nSPS) is 21.1. The van der Waals surface area contributed by atoms with E-state index in [-0.39, 0.29) is 12.0 Å². The lowest BCUT2D eigenvalue weighted by Crippen LogP contribution is -2.37. The van der Waals surface area contributed by atoms with Crippen LogP contribution in [0, 0.1) is 5.92 Å². The van der Waals surface area contributed by atoms with Crippen molar-refractivity contribution < 1.29 is 10.2 Å². The Labute approximate surface area is 224 Å². The molecule has 4 atom stereocenters. The Bertz CT molecular complexity index is 1280. The minimum Gasteiger partial charge on any atom is -0.390 e. The largest absolute Gasteiger partial charge is 0.390 e. The summed E-state index contributed by atoms with van der Waals surface area (Å²) in [6, 6.07) is 22.6. The summed E-state index contributed by atoms with van der Waals surface area (Å²) < 4.78 is 2.00. The molecule has 1 fully saturated rings. The summed E-state index contributed by atoms with van der Waals surface area (Å²) in [6.45, 7) is 3.43. The Balaban J connectivity index is 1.22. The number of fused-ring (bicyclic) bond motifs is 1. The lowest BCUT2D eigenvalue weighted by molar-refractivity contribution is 0.00792. The number of aliphatic hydroxyl groups excluding tert-OH is 2. The summed E-state index contributed by atoms with van der Waals surface area (Å²) in [5.74, 6) is 0.690. The van der Waals surface area contributed by atoms with Crippen molar-refractivity contribution in [2.45, 2.75) is 37.5 Å². The number of hydrogen-bond acceptors (Lipinski definition) is 7. The third-order valence-electron chi connectivity index (χ3n) is 7.67. The number of nitrogens with one attached hydrogen (secondary N) is 2. The van der Waals surface area contributed by atoms with E-state index in [2.05, 4.69) is 61.9 Å². The molecule has 1 saturated carbocycles. The number of nitrogens with zero attached hydrogens (tertiary/aromatic N) is 4. The fourth-order valence-corrected chi connectivity index (χ4v) is 5.64. The zero-order valence-corrected chi connectivity index (χ0v) is 21.9. The number of aromatic nitrogens is 3. The Kier molecular flexibility index (Phi) is 8.53. The van der Waals surface area contributed by atoms with Gasteiger partial charge in [0.25, 0.3) is 0 Å². The van der Waals surface area contributed by atoms with Crippen molar-refractivity contribution in [2.75, 3.05) is 43.4 Å². The van der Waals surface area contributed by atoms with Gasteiger partial charge in [0.2, 0.25) is 0 Å². The van der Waals surface area contributed by atoms with E-state index >= 15 is 0 Å². The highest BCUT2D eigenvalue weighted by molar-refractivity contribution is 5.87. The van der Waals surface area contributed by atoms with Crippen LogP contribution in [0.3, 0.4) is 0 Å². The Hall–Kier alpha value is -3.46. The third kappa shape index (κ3) is 5.83. The monoisotopic (exact) mass is 514 g/mol. The molecule has 0 radical (unpaired) electrons. The van der Waals surface area contributed by atoms with Gasteiger partial charge in [0, 0.05) is 37.9 Å². The molecule has 0 spiro atoms. The molecule has 200 valence electrons. The van der Waals surface area contributed by atoms with Crippen LogP contribution in [0.4, 0.5) is 11.5 Å². The minimum absolute atomic E-state index is 0.0655. The van der Waals surface area contributed by atoms with Crippen LogP contribution < -0.4 is 15.5 Å². The smallest absolute Gasteiger partial charge is 0.145 e. The summed E-state index contributed by atoms with van der Waals surface area (Å²) in [5, 5.41) is 29.7. The number of hydrogen-bond donors (Lipinski definition) is 4. The van der Waals surface area contributed by atoms with Crippen LogP contribution in [0.15, 0.2) is 79.3 Å². The molecule has 8 nitrogen and oxygen atoms in total. The van der Waals surface area contributed by atoms with Crippen LogP contribution in [0.1, 0.15) is 24.4 Å². The van der Waals surface area contributed by atoms with E-state index in [9.17, 15) is 10.2 Å². The average molecular weight is 515 g/mol. The van der Waals surface area contributed by atoms with Gasteiger partial charge in [-0.1, -0.05) is 48.5 Å². The Morgan fingerprint density at radius 2 is 1.71 bits per heavy atom. The number of anilines is 2. The molecule has 2 aromatic heterocycles. The molecule has 0 unspecified atom stereocenters. The van der Waals surface area contributed by atoms with E-state index in [1.165, 1.54) is 11.9 Å². The van der Waals surface area contributed by atoms with Crippen LogP contribution in [0.5, 0.6) is 0 Å². The molecule has 4 N–H and O–H groups in total. The van der Waals surface area contributed by atoms with Gasteiger partial charge in [0.05, 0.1) is 17.5 Å². The van der Waals surface area contributed by atoms with Crippen LogP contribution in [-0.4, -0.2) is 70.2 Å². The molecular weight excluding hydrogens is 476 g/mol. The summed E-state index contributed by atoms with van der Waals surface area (Å²) in [5.41, 5.74) is 3.25. The van der Waals surface area contributed by atoms with Crippen molar-refractivity contribution in [3.63, 3.8) is 0 Å². The Morgan fingerprint density at radius 3 is 2.47 bits per heavy atom. The fraction of sp³-hybridized carbons (Fsp3) is 0.400. The van der Waals surface area contributed by atoms with Gasteiger partial charge in [-0.05, 0) is 56.1 Å². The van der Waals surface area contributed by atoms with Crippen LogP contribution in [-0.2, 0) is 6.42 Å². The van der Waals surface area contributed by atoms with E-state index in [1.54, 1.807) is 0 Å². The first kappa shape index (κ1) is 26.2. The topological polar surface area (TPSA) is 98.5 Å². The zero-order valence-electron chi connectivity index (χ0n) is 21.9. The first-order chi connectivity index (χ1) is 18.7. The predicted octanol–water partition coefficient (Wildman–Crippen LogP) is 3.48. The molecule has 0 saturated heterocycles. The van der Waals surface area contributed by atoms with Gasteiger partial charge >= 0.3 is 0 Å². The Morgan fingerprint density at radius 1 is 0.947 bits per heavy atom. The third-order valence-corrected chi connectivity index (χ3v) is 7.67. The molecule has 2 heterocycles. The van der Waals surface area contributed by atoms with E-state index in [1.807, 2.05) is 48.1 Å². The summed E-state index contributed by atoms with van der Waals surface area (Å²) in [6.07, 6.45) is 4.49. The molecule has 8 heteroatoms. The molecular formula is C30H38N6O2. The minimum atomic E-state index is -0.860. The SMILES string of the molecule is CNc1ncnc2c1ccn2[C@@H]1C[C@H](CN(CCCNCCc2ccccc2)c2ccccc2)[C@@H](O)[C@H]1O. The van der Waals surface area contributed by atoms with Gasteiger partial charge in [-0.3, -0.25) is 0 Å². The van der Waals surface area contributed by atoms with E-state index in [0.717, 1.165) is 55.0 Å². The number of rotatable bonds is 12. The fourth-order valence-electron chi connectivity index (χ4n) is 5.64. The lowest BCUT2D eigenvalue weighted by Gasteiger charge is -2.29. The summed E-state index contributed by atoms with van der Waals surface area (Å²) in [4.78, 5) is 11.1. The van der Waals surface area contributed by atoms with Crippen LogP contribution >= 0.6 is 0 Å². The summed E-state index contributed by atoms with van der Waals surface area (Å²) >= 11 is 0. The van der Waals surface area contributed by atoms with Crippen molar-refractivity contribution in [3.8, 4) is 0 Å². The van der Waals surface area contributed by atoms with Crippen molar-refractivity contribution >= 4 is 22.5 Å². The van der Waals surface area contributed by atoms with E-state index in [4.69, 9.17) is 0 Å². The standard InChI is InChI=1S/C30H38N6O2/c1-31-29-25-14-18-36(30(25)34-21-33-29)26-19-23(27(37)28(26)38)20-35(24-11-6-3-7-12-24)17-8-15-32-16-13-22-9-4-2-5-10-22/h2-7,9-12,14,18,21,23,26-28,32,37-38H,8,13,15-17,19-20H2,1H3,(H,31,33,34)/t23-,26-,27-,28+/m1/s1. The second kappa shape index (κ2) is 12.4. The van der Waals surface area contributed by atoms with Crippen molar-refractivity contribution in [3.05, 3.63) is 84.8 Å². The zero-order chi connectivity index (χ0) is 26.3. The van der Waals surface area contributed by atoms with Gasteiger partial charge in [0.1, 0.15) is 23.9 Å². The molecule has 0 aliphatic heterocycles. The van der Waals surface area contributed by atoms with Crippen LogP contribution in [0.2, 0.25) is 0 Å². The first-order valence-corrected chi connectivity index (χ1v) is 13.6. The van der Waals surface area contributed by atoms with Crippen LogP contribution in [0.25, 0.3) is 11.0 Å². The highest BCUT2D eigenvalue weighted by Crippen LogP contribution is 2.38. The van der Waals surface area contributed by atoms with Gasteiger partial charge in [0.15, 0.2) is 0 Å². The maximum absolute atomic E-state index is 11.1. The van der Waals surface area contributed by atoms with Crippen molar-refractivity contribution in [2.24, 2.45) is 5.92 Å². The molecule has 38 heavy (non-hydrogen) atoms. The quantitative estimate of drug-likeness (QED) is 0.215. The second-order valence-electron chi connectivity index (χ2n) is 10.1. The van der Waals surface area contributed by atoms with Gasteiger partial charge in [-0.2, -0.15) is 0 Å². The molecule has 0 amide bonds. The van der Waals surface area contributed by atoms with E-state index in [0.29, 0.717) is 13.0 Å². The maximum atomic E-state index is 11.1. The van der Waals surface area contributed by atoms with E-state index < -0.39 is 12.2 Å². The van der Waals surface area contributed by atoms with Gasteiger partial charge in [-0.25, -0.2) is 9.97 Å². The molecule has 4 aromatic rings. The number of aliphatic hydroxyl groups is 2. The molecule has 1 aliphatic rings. The van der Waals surface area contributed by atoms with Gasteiger partial charge < -0.3 is 30.3 Å². The van der Waals surface area contributed by atoms with Crippen molar-refractivity contribution in [1.29, 1.82) is 0 Å². The summed E-state index contributed by atoms with van der Waals surface area (Å²) in [7, 11) is 1.83. The number of para-hydroxylation sites is 1. The molecule has 1 aliphatic carbocycles. The highest BCUT2D eigenvalue weighted by atomic mass is 16.3. The molecule has 5 rings (SSSR count). The second-order valence-corrected chi connectivity index (χ2v) is 10.1. The molecule has 2 aromatic carbocycles. The molecule has 0 bridgehead atoms. The lowest BCUT2D eigenvalue weighted by atomic mass is 10.0. The average Bonchev–Trinajstić information content (AvgIpc) is 3.51. The predicted molar refractivity (Wildman–Crippen MR) is 153 cm³/mol. The highest BCUT2D eigenvalue weighted by Gasteiger charge is 2.43. The number of benzene rings is 2.